The van der Waals surface area contributed by atoms with Crippen molar-refractivity contribution < 1.29 is 208 Å². The van der Waals surface area contributed by atoms with Crippen molar-refractivity contribution in [2.75, 3.05) is 0 Å². The summed E-state index contributed by atoms with van der Waals surface area (Å²) >= 11 is 0. The molecule has 0 unspecified atom stereocenters. The summed E-state index contributed by atoms with van der Waals surface area (Å²) in [7, 11) is -1.18. The predicted octanol–water partition coefficient (Wildman–Crippen LogP) is 21.1. The fraction of sp³-hybridized carbons (Fsp3) is 0.378. The summed E-state index contributed by atoms with van der Waals surface area (Å²) in [4.78, 5) is 30.9. The minimum Gasteiger partial charge on any atom is -0.328 e. The zero-order valence-corrected chi connectivity index (χ0v) is 78.3. The smallest absolute Gasteiger partial charge is 0.328 e. The second-order valence-electron chi connectivity index (χ2n) is 25.4. The van der Waals surface area contributed by atoms with Gasteiger partial charge in [-0.2, -0.15) is 198 Å². The fourth-order valence-electron chi connectivity index (χ4n) is 8.37. The van der Waals surface area contributed by atoms with Crippen molar-refractivity contribution in [2.45, 2.75) is 190 Å². The summed E-state index contributed by atoms with van der Waals surface area (Å²) in [5, 5.41) is 5.04. The third-order valence-corrected chi connectivity index (χ3v) is 16.2. The van der Waals surface area contributed by atoms with Crippen LogP contribution in [0, 0.1) is 83.7 Å². The van der Waals surface area contributed by atoms with Crippen LogP contribution in [0.3, 0.4) is 0 Å². The quantitative estimate of drug-likeness (QED) is 0.0447. The Labute approximate surface area is 748 Å². The Kier molecular flexibility index (Phi) is 67.0. The zero-order chi connectivity index (χ0) is 71.2. The second kappa shape index (κ2) is 61.3. The molecular weight excluding hydrogens is 1740 g/mol. The topological polar surface area (TPSA) is 120 Å². The molecule has 0 saturated heterocycles. The molecule has 0 spiro atoms. The molecule has 6 nitrogen and oxygen atoms in total. The first-order chi connectivity index (χ1) is 44.6. The van der Waals surface area contributed by atoms with E-state index in [0.717, 1.165) is 122 Å². The molecule has 545 valence electrons. The van der Waals surface area contributed by atoms with Crippen LogP contribution in [0.2, 0.25) is 0 Å². The van der Waals surface area contributed by atoms with Crippen LogP contribution in [0.15, 0.2) is 164 Å². The predicted molar refractivity (Wildman–Crippen MR) is 394 cm³/mol. The molecule has 5 radical (unpaired) electrons. The van der Waals surface area contributed by atoms with Crippen molar-refractivity contribution in [3.63, 3.8) is 0 Å². The number of alkyl halides is 6. The molecule has 8 aromatic rings. The first-order valence-electron chi connectivity index (χ1n) is 32.2. The largest absolute Gasteiger partial charge is 0.416 e. The van der Waals surface area contributed by atoms with Gasteiger partial charge in [-0.25, -0.2) is 4.21 Å². The van der Waals surface area contributed by atoms with Gasteiger partial charge in [0, 0.05) is 175 Å². The summed E-state index contributed by atoms with van der Waals surface area (Å²) in [6, 6.07) is 64.5. The number of carbonyl (C=O) groups is 3. The van der Waals surface area contributed by atoms with Crippen molar-refractivity contribution in [2.24, 2.45) is 22.7 Å². The van der Waals surface area contributed by atoms with E-state index in [4.69, 9.17) is 10.9 Å². The molecule has 0 bridgehead atoms. The maximum Gasteiger partial charge on any atom is 0.416 e. The molecule has 8 rings (SSSR count). The Morgan fingerprint density at radius 2 is 0.676 bits per heavy atom. The van der Waals surface area contributed by atoms with Crippen LogP contribution in [-0.4, -0.2) is 33.4 Å². The monoisotopic (exact) mass is 1840 g/mol. The summed E-state index contributed by atoms with van der Waals surface area (Å²) in [5.74, 6) is 1.33. The summed E-state index contributed by atoms with van der Waals surface area (Å²) in [6.07, 6.45) is 4.56. The molecule has 0 fully saturated rings. The Morgan fingerprint density at radius 3 is 0.912 bits per heavy atom. The van der Waals surface area contributed by atoms with Gasteiger partial charge in [-0.15, -0.1) is 24.8 Å². The number of carbonyl (C=O) groups excluding carboxylic acids is 3. The SMILES string of the molecule is CC(=O)CCc1c[c-]c(C)cc1.CC(C)(C)[S@@](N)=O.Cc1[c-]cc(C=O)cc1.Cc1[c-]cc(CC[C@@H](C)CCc2ccc(C(F)(F)F)cc2)cc1.Cc1[c-]cc(CC[C@@H](C)CCc2ccc(C(F)(F)F)cc2)cc1.Cc1[c-]cc(CC[C@@H](C)N)cc1.Cc1ccc(C=O)cc1.Cl.Cl.[Y].[Y].[Y].[Y].[Y]. The van der Waals surface area contributed by atoms with Gasteiger partial charge in [0.15, 0.2) is 0 Å². The van der Waals surface area contributed by atoms with Gasteiger partial charge in [0.05, 0.1) is 33.1 Å². The van der Waals surface area contributed by atoms with Crippen LogP contribution in [-0.2, 0) is 230 Å². The molecule has 0 aliphatic heterocycles. The molecule has 20 heteroatoms. The van der Waals surface area contributed by atoms with Crippen LogP contribution in [0.4, 0.5) is 26.3 Å². The Bertz CT molecular complexity index is 3280. The Balaban J connectivity index is -0.000000271. The minimum absolute atomic E-state index is 0. The summed E-state index contributed by atoms with van der Waals surface area (Å²) < 4.78 is 85.2. The molecule has 4 N–H and O–H groups in total. The number of nitrogens with two attached hydrogens (primary N) is 2. The first kappa shape index (κ1) is 111. The third kappa shape index (κ3) is 55.0. The van der Waals surface area contributed by atoms with Gasteiger partial charge < -0.3 is 15.3 Å². The van der Waals surface area contributed by atoms with E-state index in [1.807, 2.05) is 117 Å². The van der Waals surface area contributed by atoms with Crippen LogP contribution in [0.5, 0.6) is 0 Å². The number of aryl methyl sites for hydroxylation is 12. The van der Waals surface area contributed by atoms with Gasteiger partial charge >= 0.3 is 12.4 Å². The Hall–Kier alpha value is -1.48. The van der Waals surface area contributed by atoms with E-state index in [2.05, 4.69) is 99.6 Å². The van der Waals surface area contributed by atoms with Crippen LogP contribution >= 0.6 is 24.8 Å². The van der Waals surface area contributed by atoms with Crippen molar-refractivity contribution in [1.29, 1.82) is 0 Å². The standard InChI is InChI=1S/2C20H22F3.C11H16N.C11H13O.C8H8O.C8H7O.C4H11NOS.2ClH.5Y/c2*1-15-3-7-17(8-4-15)9-5-16(2)6-10-18-11-13-19(14-12-18)20(21,22)23;2*1-9-3-6-11(7-4-9)8-5-10(2)12;2*1-7-2-4-8(6-9)5-3-7;1-4(2,3)7(5)6;;;;;;;/h2*3,7-8,11-14,16H,5-6,9-10H2,1-2H3;3,6-7,10H,5,8,12H2,1-2H3;3,6-7H,5,8H2,1-2H3;2-6H,1H3;2,4-6H,1H3;5H2,1-3H3;2*1H;;;;;/q4*-1;;-1;;;;;;;;/t2*16-;10-;;;;7-;;;;;;;/m111...0......./s1. The zero-order valence-electron chi connectivity index (χ0n) is 61.6. The number of benzene rings is 8. The van der Waals surface area contributed by atoms with Crippen molar-refractivity contribution >= 4 is 54.2 Å². The molecule has 102 heavy (non-hydrogen) atoms. The number of hydrogen-bond donors (Lipinski definition) is 2. The molecule has 4 atom stereocenters. The summed E-state index contributed by atoms with van der Waals surface area (Å²) in [6.45, 7) is 25.6. The van der Waals surface area contributed by atoms with E-state index in [1.54, 1.807) is 43.3 Å². The minimum atomic E-state index is -4.25. The molecule has 0 aliphatic rings. The van der Waals surface area contributed by atoms with Crippen LogP contribution in [0.25, 0.3) is 0 Å². The number of hydrogen-bond acceptors (Lipinski definition) is 5. The number of aldehydes is 2. The number of Topliss-reactive ketones (excluding diaryl/α,β-unsaturated/α-hetero) is 1. The average molecular weight is 1840 g/mol. The molecule has 0 saturated carbocycles. The summed E-state index contributed by atoms with van der Waals surface area (Å²) in [5.41, 5.74) is 19.8. The van der Waals surface area contributed by atoms with Crippen LogP contribution in [0.1, 0.15) is 186 Å². The van der Waals surface area contributed by atoms with E-state index in [1.165, 1.54) is 57.6 Å². The van der Waals surface area contributed by atoms with Crippen LogP contribution < -0.4 is 10.9 Å². The number of halogens is 8. The van der Waals surface area contributed by atoms with E-state index >= 15 is 0 Å². The molecule has 0 aromatic heterocycles. The first-order valence-corrected chi connectivity index (χ1v) is 33.4. The molecular formula is C82H101Cl2F6N2O4SY5-5. The second-order valence-corrected chi connectivity index (χ2v) is 27.2. The number of ketones is 1. The van der Waals surface area contributed by atoms with Gasteiger partial charge in [-0.05, 0) is 120 Å². The number of rotatable bonds is 20. The van der Waals surface area contributed by atoms with Crippen molar-refractivity contribution in [3.8, 4) is 0 Å². The van der Waals surface area contributed by atoms with Gasteiger partial charge in [-0.3, -0.25) is 9.93 Å². The van der Waals surface area contributed by atoms with E-state index in [0.29, 0.717) is 29.9 Å². The Morgan fingerprint density at radius 1 is 0.422 bits per heavy atom. The van der Waals surface area contributed by atoms with E-state index < -0.39 is 34.5 Å². The van der Waals surface area contributed by atoms with Crippen molar-refractivity contribution in [3.05, 3.63) is 283 Å². The average Bonchev–Trinajstić information content (AvgIpc) is 0.864. The maximum absolute atomic E-state index is 12.5. The molecule has 0 amide bonds. The molecule has 8 aromatic carbocycles. The van der Waals surface area contributed by atoms with Crippen molar-refractivity contribution in [1.82, 2.24) is 0 Å². The van der Waals surface area contributed by atoms with Gasteiger partial charge in [0.2, 0.25) is 0 Å². The fourth-order valence-corrected chi connectivity index (χ4v) is 8.37. The van der Waals surface area contributed by atoms with E-state index in [-0.39, 0.29) is 199 Å². The van der Waals surface area contributed by atoms with Gasteiger partial charge in [0.25, 0.3) is 0 Å². The maximum atomic E-state index is 12.5. The van der Waals surface area contributed by atoms with Gasteiger partial charge in [-0.1, -0.05) is 154 Å². The van der Waals surface area contributed by atoms with E-state index in [9.17, 15) is 44.9 Å². The normalized spacial score (nSPS) is 11.3. The molecule has 0 aliphatic carbocycles. The molecule has 0 heterocycles. The van der Waals surface area contributed by atoms with Gasteiger partial charge in [0.1, 0.15) is 12.1 Å². The third-order valence-electron chi connectivity index (χ3n) is 15.0.